The quantitative estimate of drug-likeness (QED) is 0.331. The summed E-state index contributed by atoms with van der Waals surface area (Å²) >= 11 is 7.51. The molecule has 0 saturated heterocycles. The minimum absolute atomic E-state index is 0.131. The Hall–Kier alpha value is -0.680. The number of nitrogens with one attached hydrogen (secondary N) is 1. The third kappa shape index (κ3) is 4.65. The van der Waals surface area contributed by atoms with Crippen LogP contribution in [0.2, 0.25) is 0 Å². The van der Waals surface area contributed by atoms with Crippen molar-refractivity contribution in [1.29, 1.82) is 0 Å². The van der Waals surface area contributed by atoms with Crippen molar-refractivity contribution in [3.8, 4) is 5.75 Å². The lowest BCUT2D eigenvalue weighted by Gasteiger charge is -2.03. The van der Waals surface area contributed by atoms with Gasteiger partial charge in [0.15, 0.2) is 0 Å². The summed E-state index contributed by atoms with van der Waals surface area (Å²) in [6, 6.07) is 10.7. The Morgan fingerprint density at radius 1 is 1.29 bits per heavy atom. The van der Waals surface area contributed by atoms with E-state index in [-0.39, 0.29) is 11.7 Å². The highest BCUT2D eigenvalue weighted by Crippen LogP contribution is 2.27. The second kappa shape index (κ2) is 7.54. The molecule has 0 radical (unpaired) electrons. The van der Waals surface area contributed by atoms with Crippen LogP contribution in [-0.2, 0) is 0 Å². The maximum atomic E-state index is 11.9. The molecule has 0 atom stereocenters. The molecule has 0 aliphatic rings. The first-order valence-corrected chi connectivity index (χ1v) is 8.69. The molecule has 2 aromatic carbocycles. The van der Waals surface area contributed by atoms with E-state index < -0.39 is 0 Å². The molecular formula is C14H9BrI2N2O2. The van der Waals surface area contributed by atoms with E-state index in [1.807, 2.05) is 34.7 Å². The molecule has 2 N–H and O–H groups in total. The van der Waals surface area contributed by atoms with Crippen LogP contribution in [0.1, 0.15) is 15.9 Å². The van der Waals surface area contributed by atoms with Gasteiger partial charge in [-0.2, -0.15) is 5.10 Å². The van der Waals surface area contributed by atoms with Gasteiger partial charge < -0.3 is 5.11 Å². The second-order valence-corrected chi connectivity index (χ2v) is 7.36. The fourth-order valence-corrected chi connectivity index (χ4v) is 3.63. The molecule has 0 fully saturated rings. The van der Waals surface area contributed by atoms with E-state index in [2.05, 4.69) is 49.0 Å². The largest absolute Gasteiger partial charge is 0.506 e. The van der Waals surface area contributed by atoms with Crippen molar-refractivity contribution in [1.82, 2.24) is 5.43 Å². The van der Waals surface area contributed by atoms with Crippen LogP contribution in [0.3, 0.4) is 0 Å². The minimum atomic E-state index is -0.297. The smallest absolute Gasteiger partial charge is 0.271 e. The summed E-state index contributed by atoms with van der Waals surface area (Å²) < 4.78 is 2.51. The van der Waals surface area contributed by atoms with Crippen molar-refractivity contribution in [3.05, 3.63) is 59.1 Å². The molecule has 2 aromatic rings. The molecule has 1 amide bonds. The topological polar surface area (TPSA) is 61.7 Å². The summed E-state index contributed by atoms with van der Waals surface area (Å²) in [6.07, 6.45) is 1.41. The SMILES string of the molecule is O=C(N/N=C/c1cc(Br)cc(I)c1O)c1cccc(I)c1. The zero-order valence-corrected chi connectivity index (χ0v) is 16.4. The van der Waals surface area contributed by atoms with Crippen LogP contribution in [0.25, 0.3) is 0 Å². The number of aromatic hydroxyl groups is 1. The number of carbonyl (C=O) groups is 1. The van der Waals surface area contributed by atoms with Crippen molar-refractivity contribution < 1.29 is 9.90 Å². The first kappa shape index (κ1) is 16.7. The van der Waals surface area contributed by atoms with Gasteiger partial charge in [-0.1, -0.05) is 22.0 Å². The predicted octanol–water partition coefficient (Wildman–Crippen LogP) is 4.13. The number of nitrogens with zero attached hydrogens (tertiary/aromatic N) is 1. The molecule has 0 aromatic heterocycles. The normalized spacial score (nSPS) is 10.8. The molecule has 108 valence electrons. The molecule has 0 spiro atoms. The van der Waals surface area contributed by atoms with Crippen molar-refractivity contribution in [2.45, 2.75) is 0 Å². The van der Waals surface area contributed by atoms with Gasteiger partial charge in [0.25, 0.3) is 5.91 Å². The summed E-state index contributed by atoms with van der Waals surface area (Å²) in [7, 11) is 0. The number of phenolic OH excluding ortho intramolecular Hbond substituents is 1. The number of benzene rings is 2. The second-order valence-electron chi connectivity index (χ2n) is 4.03. The highest BCUT2D eigenvalue weighted by Gasteiger charge is 2.06. The fraction of sp³-hybridized carbons (Fsp3) is 0. The molecule has 0 bridgehead atoms. The summed E-state index contributed by atoms with van der Waals surface area (Å²) in [6.45, 7) is 0. The molecule has 2 rings (SSSR count). The van der Waals surface area contributed by atoms with Crippen molar-refractivity contribution in [3.63, 3.8) is 0 Å². The number of hydrogen-bond acceptors (Lipinski definition) is 3. The fourth-order valence-electron chi connectivity index (χ4n) is 1.54. The summed E-state index contributed by atoms with van der Waals surface area (Å²) in [5.41, 5.74) is 3.50. The van der Waals surface area contributed by atoms with Gasteiger partial charge in [-0.25, -0.2) is 5.43 Å². The molecule has 0 unspecified atom stereocenters. The van der Waals surface area contributed by atoms with Gasteiger partial charge in [0.2, 0.25) is 0 Å². The van der Waals surface area contributed by atoms with E-state index in [0.717, 1.165) is 8.04 Å². The zero-order valence-electron chi connectivity index (χ0n) is 10.5. The number of hydrazone groups is 1. The van der Waals surface area contributed by atoms with Crippen molar-refractivity contribution >= 4 is 73.2 Å². The van der Waals surface area contributed by atoms with Crippen LogP contribution in [0, 0.1) is 7.14 Å². The lowest BCUT2D eigenvalue weighted by atomic mass is 10.2. The lowest BCUT2D eigenvalue weighted by Crippen LogP contribution is -2.17. The Labute approximate surface area is 157 Å². The Morgan fingerprint density at radius 2 is 2.05 bits per heavy atom. The standard InChI is InChI=1S/C14H9BrI2N2O2/c15-10-4-9(13(20)12(17)6-10)7-18-19-14(21)8-2-1-3-11(16)5-8/h1-7,20H,(H,19,21)/b18-7+. The van der Waals surface area contributed by atoms with Gasteiger partial charge >= 0.3 is 0 Å². The van der Waals surface area contributed by atoms with Crippen LogP contribution in [0.15, 0.2) is 46.0 Å². The maximum Gasteiger partial charge on any atom is 0.271 e. The molecule has 0 aliphatic heterocycles. The van der Waals surface area contributed by atoms with Crippen LogP contribution < -0.4 is 5.43 Å². The Kier molecular flexibility index (Phi) is 5.99. The first-order chi connectivity index (χ1) is 9.97. The van der Waals surface area contributed by atoms with Gasteiger partial charge in [0.1, 0.15) is 5.75 Å². The Bertz CT molecular complexity index is 720. The van der Waals surface area contributed by atoms with Crippen molar-refractivity contribution in [2.24, 2.45) is 5.10 Å². The van der Waals surface area contributed by atoms with Crippen LogP contribution in [-0.4, -0.2) is 17.2 Å². The number of amides is 1. The molecule has 21 heavy (non-hydrogen) atoms. The Morgan fingerprint density at radius 3 is 2.76 bits per heavy atom. The average molecular weight is 571 g/mol. The van der Waals surface area contributed by atoms with Crippen LogP contribution in [0.4, 0.5) is 0 Å². The summed E-state index contributed by atoms with van der Waals surface area (Å²) in [5, 5.41) is 13.8. The number of hydrogen-bond donors (Lipinski definition) is 2. The number of rotatable bonds is 3. The minimum Gasteiger partial charge on any atom is -0.506 e. The van der Waals surface area contributed by atoms with E-state index in [1.54, 1.807) is 24.3 Å². The highest BCUT2D eigenvalue weighted by molar-refractivity contribution is 14.1. The van der Waals surface area contributed by atoms with E-state index in [4.69, 9.17) is 0 Å². The van der Waals surface area contributed by atoms with Gasteiger partial charge in [-0.15, -0.1) is 0 Å². The van der Waals surface area contributed by atoms with E-state index in [1.165, 1.54) is 6.21 Å². The van der Waals surface area contributed by atoms with Gasteiger partial charge in [-0.05, 0) is 75.5 Å². The molecule has 4 nitrogen and oxygen atoms in total. The predicted molar refractivity (Wildman–Crippen MR) is 103 cm³/mol. The van der Waals surface area contributed by atoms with E-state index >= 15 is 0 Å². The zero-order chi connectivity index (χ0) is 15.4. The van der Waals surface area contributed by atoms with Gasteiger partial charge in [-0.3, -0.25) is 4.79 Å². The monoisotopic (exact) mass is 570 g/mol. The highest BCUT2D eigenvalue weighted by atomic mass is 127. The molecule has 0 heterocycles. The first-order valence-electron chi connectivity index (χ1n) is 5.74. The maximum absolute atomic E-state index is 11.9. The van der Waals surface area contributed by atoms with Gasteiger partial charge in [0.05, 0.1) is 9.78 Å². The third-order valence-corrected chi connectivity index (χ3v) is 4.47. The number of halogens is 3. The lowest BCUT2D eigenvalue weighted by molar-refractivity contribution is 0.0955. The third-order valence-electron chi connectivity index (χ3n) is 2.51. The number of carbonyl (C=O) groups excluding carboxylic acids is 1. The van der Waals surface area contributed by atoms with E-state index in [0.29, 0.717) is 14.7 Å². The molecule has 0 aliphatic carbocycles. The van der Waals surface area contributed by atoms with Crippen molar-refractivity contribution in [2.75, 3.05) is 0 Å². The molecular weight excluding hydrogens is 562 g/mol. The van der Waals surface area contributed by atoms with Crippen LogP contribution >= 0.6 is 61.1 Å². The average Bonchev–Trinajstić information content (AvgIpc) is 2.43. The van der Waals surface area contributed by atoms with Gasteiger partial charge in [0, 0.05) is 19.2 Å². The Balaban J connectivity index is 2.11. The molecule has 0 saturated carbocycles. The van der Waals surface area contributed by atoms with E-state index in [9.17, 15) is 9.90 Å². The summed E-state index contributed by atoms with van der Waals surface area (Å²) in [5.74, 6) is -0.167. The van der Waals surface area contributed by atoms with Crippen LogP contribution in [0.5, 0.6) is 5.75 Å². The number of phenols is 1. The summed E-state index contributed by atoms with van der Waals surface area (Å²) in [4.78, 5) is 11.9. The molecule has 7 heteroatoms.